The Labute approximate surface area is 163 Å². The molecule has 1 N–H and O–H groups in total. The third-order valence-electron chi connectivity index (χ3n) is 4.08. The van der Waals surface area contributed by atoms with E-state index >= 15 is 0 Å². The van der Waals surface area contributed by atoms with Gasteiger partial charge in [0.1, 0.15) is 5.76 Å². The predicted octanol–water partition coefficient (Wildman–Crippen LogP) is 4.52. The first-order valence-electron chi connectivity index (χ1n) is 8.26. The summed E-state index contributed by atoms with van der Waals surface area (Å²) < 4.78 is 46.2. The molecule has 0 spiro atoms. The first-order chi connectivity index (χ1) is 13.2. The lowest BCUT2D eigenvalue weighted by molar-refractivity contribution is -0.137. The van der Waals surface area contributed by atoms with E-state index in [0.717, 1.165) is 23.4 Å². The Morgan fingerprint density at radius 2 is 1.96 bits per heavy atom. The summed E-state index contributed by atoms with van der Waals surface area (Å²) in [5, 5.41) is 10.3. The summed E-state index contributed by atoms with van der Waals surface area (Å²) in [5.41, 5.74) is -0.393. The van der Waals surface area contributed by atoms with E-state index in [4.69, 9.17) is 4.42 Å². The van der Waals surface area contributed by atoms with Crippen LogP contribution in [0.5, 0.6) is 0 Å². The van der Waals surface area contributed by atoms with Gasteiger partial charge >= 0.3 is 6.18 Å². The number of aromatic nitrogens is 3. The second-order valence-corrected chi connectivity index (χ2v) is 7.36. The first-order valence-corrected chi connectivity index (χ1v) is 9.14. The largest absolute Gasteiger partial charge is 0.469 e. The van der Waals surface area contributed by atoms with E-state index in [1.54, 1.807) is 37.8 Å². The van der Waals surface area contributed by atoms with Crippen molar-refractivity contribution < 1.29 is 22.4 Å². The van der Waals surface area contributed by atoms with E-state index in [2.05, 4.69) is 15.5 Å². The summed E-state index contributed by atoms with van der Waals surface area (Å²) in [7, 11) is 1.74. The summed E-state index contributed by atoms with van der Waals surface area (Å²) in [5.74, 6) is 0.691. The zero-order chi connectivity index (χ0) is 20.5. The molecule has 1 aromatic carbocycles. The maximum Gasteiger partial charge on any atom is 0.418 e. The van der Waals surface area contributed by atoms with Crippen molar-refractivity contribution in [3.8, 4) is 11.4 Å². The molecule has 0 aliphatic rings. The molecule has 1 unspecified atom stereocenters. The van der Waals surface area contributed by atoms with Gasteiger partial charge in [0.05, 0.1) is 28.3 Å². The number of halogens is 3. The number of nitrogens with one attached hydrogen (secondary N) is 1. The fraction of sp³-hybridized carbons (Fsp3) is 0.278. The summed E-state index contributed by atoms with van der Waals surface area (Å²) in [6.45, 7) is 3.39. The predicted molar refractivity (Wildman–Crippen MR) is 98.8 cm³/mol. The van der Waals surface area contributed by atoms with E-state index in [-0.39, 0.29) is 5.69 Å². The molecule has 0 saturated carbocycles. The smallest absolute Gasteiger partial charge is 0.418 e. The van der Waals surface area contributed by atoms with Gasteiger partial charge < -0.3 is 14.3 Å². The van der Waals surface area contributed by atoms with Crippen LogP contribution in [-0.4, -0.2) is 25.9 Å². The fourth-order valence-corrected chi connectivity index (χ4v) is 3.37. The summed E-state index contributed by atoms with van der Waals surface area (Å²) in [6.07, 6.45) is -3.01. The Morgan fingerprint density at radius 1 is 1.25 bits per heavy atom. The molecule has 0 saturated heterocycles. The average Bonchev–Trinajstić information content (AvgIpc) is 3.20. The minimum absolute atomic E-state index is 0.278. The van der Waals surface area contributed by atoms with Crippen LogP contribution < -0.4 is 5.32 Å². The molecule has 2 heterocycles. The van der Waals surface area contributed by atoms with Crippen LogP contribution in [0.1, 0.15) is 18.2 Å². The third-order valence-corrected chi connectivity index (χ3v) is 5.21. The number of rotatable bonds is 5. The molecule has 6 nitrogen and oxygen atoms in total. The van der Waals surface area contributed by atoms with E-state index in [9.17, 15) is 18.0 Å². The van der Waals surface area contributed by atoms with Crippen molar-refractivity contribution in [1.82, 2.24) is 14.8 Å². The topological polar surface area (TPSA) is 72.9 Å². The molecule has 0 bridgehead atoms. The number of hydrogen-bond acceptors (Lipinski definition) is 5. The van der Waals surface area contributed by atoms with Crippen LogP contribution in [0.2, 0.25) is 0 Å². The Balaban J connectivity index is 1.74. The van der Waals surface area contributed by atoms with Crippen LogP contribution in [-0.2, 0) is 18.0 Å². The van der Waals surface area contributed by atoms with E-state index in [0.29, 0.717) is 16.7 Å². The SMILES string of the molecule is Cc1occc1-c1nnc(SC(C)C(=O)Nc2ccccc2C(F)(F)F)n1C. The summed E-state index contributed by atoms with van der Waals surface area (Å²) in [6, 6.07) is 6.62. The minimum atomic E-state index is -4.55. The number of carbonyl (C=O) groups is 1. The van der Waals surface area contributed by atoms with Gasteiger partial charge in [0.15, 0.2) is 11.0 Å². The van der Waals surface area contributed by atoms with Crippen molar-refractivity contribution in [2.45, 2.75) is 30.4 Å². The third kappa shape index (κ3) is 4.06. The highest BCUT2D eigenvalue weighted by Gasteiger charge is 2.34. The highest BCUT2D eigenvalue weighted by molar-refractivity contribution is 8.00. The zero-order valence-electron chi connectivity index (χ0n) is 15.2. The minimum Gasteiger partial charge on any atom is -0.469 e. The number of benzene rings is 1. The van der Waals surface area contributed by atoms with Crippen molar-refractivity contribution in [3.63, 3.8) is 0 Å². The Kier molecular flexibility index (Phi) is 5.50. The van der Waals surface area contributed by atoms with Crippen molar-refractivity contribution in [2.24, 2.45) is 7.05 Å². The number of nitrogens with zero attached hydrogens (tertiary/aromatic N) is 3. The van der Waals surface area contributed by atoms with Crippen molar-refractivity contribution in [3.05, 3.63) is 47.9 Å². The highest BCUT2D eigenvalue weighted by Crippen LogP contribution is 2.35. The Morgan fingerprint density at radius 3 is 2.61 bits per heavy atom. The number of amides is 1. The Hall–Kier alpha value is -2.75. The van der Waals surface area contributed by atoms with Crippen LogP contribution in [0.15, 0.2) is 46.2 Å². The molecule has 1 amide bonds. The monoisotopic (exact) mass is 410 g/mol. The maximum absolute atomic E-state index is 13.1. The molecule has 148 valence electrons. The number of furan rings is 1. The zero-order valence-corrected chi connectivity index (χ0v) is 16.1. The number of alkyl halides is 3. The molecule has 2 aromatic heterocycles. The molecule has 1 atom stereocenters. The highest BCUT2D eigenvalue weighted by atomic mass is 32.2. The van der Waals surface area contributed by atoms with Gasteiger partial charge in [0.2, 0.25) is 5.91 Å². The molecule has 0 radical (unpaired) electrons. The molecule has 28 heavy (non-hydrogen) atoms. The van der Waals surface area contributed by atoms with Crippen molar-refractivity contribution >= 4 is 23.4 Å². The van der Waals surface area contributed by atoms with Gasteiger partial charge in [0, 0.05) is 7.05 Å². The molecular weight excluding hydrogens is 393 g/mol. The lowest BCUT2D eigenvalue weighted by atomic mass is 10.1. The van der Waals surface area contributed by atoms with Crippen LogP contribution in [0, 0.1) is 6.92 Å². The average molecular weight is 410 g/mol. The van der Waals surface area contributed by atoms with Gasteiger partial charge in [0.25, 0.3) is 0 Å². The van der Waals surface area contributed by atoms with Gasteiger partial charge in [-0.05, 0) is 32.0 Å². The molecule has 0 aliphatic heterocycles. The standard InChI is InChI=1S/C18H17F3N4O2S/c1-10-12(8-9-27-10)15-23-24-17(25(15)3)28-11(2)16(26)22-14-7-5-4-6-13(14)18(19,20)21/h4-9,11H,1-3H3,(H,22,26). The lowest BCUT2D eigenvalue weighted by Gasteiger charge is -2.16. The molecule has 0 fully saturated rings. The second kappa shape index (κ2) is 7.70. The number of hydrogen-bond donors (Lipinski definition) is 1. The summed E-state index contributed by atoms with van der Waals surface area (Å²) in [4.78, 5) is 12.4. The normalized spacial score (nSPS) is 12.8. The van der Waals surface area contributed by atoms with Gasteiger partial charge in [-0.25, -0.2) is 0 Å². The molecule has 3 aromatic rings. The molecule has 3 rings (SSSR count). The van der Waals surface area contributed by atoms with E-state index in [1.165, 1.54) is 18.2 Å². The second-order valence-electron chi connectivity index (χ2n) is 6.05. The van der Waals surface area contributed by atoms with Crippen molar-refractivity contribution in [2.75, 3.05) is 5.32 Å². The molecule has 0 aliphatic carbocycles. The summed E-state index contributed by atoms with van der Waals surface area (Å²) >= 11 is 1.10. The number of para-hydroxylation sites is 1. The van der Waals surface area contributed by atoms with Gasteiger partial charge in [-0.1, -0.05) is 23.9 Å². The van der Waals surface area contributed by atoms with Crippen LogP contribution in [0.4, 0.5) is 18.9 Å². The van der Waals surface area contributed by atoms with E-state index in [1.807, 2.05) is 0 Å². The fourth-order valence-electron chi connectivity index (χ4n) is 2.55. The van der Waals surface area contributed by atoms with Crippen LogP contribution in [0.3, 0.4) is 0 Å². The van der Waals surface area contributed by atoms with E-state index < -0.39 is 22.9 Å². The number of anilines is 1. The van der Waals surface area contributed by atoms with Gasteiger partial charge in [-0.2, -0.15) is 13.2 Å². The molecule has 10 heteroatoms. The first kappa shape index (κ1) is 20.0. The van der Waals surface area contributed by atoms with Gasteiger partial charge in [-0.15, -0.1) is 10.2 Å². The number of aryl methyl sites for hydroxylation is 1. The quantitative estimate of drug-likeness (QED) is 0.626. The van der Waals surface area contributed by atoms with Crippen LogP contribution in [0.25, 0.3) is 11.4 Å². The maximum atomic E-state index is 13.1. The molecular formula is C18H17F3N4O2S. The Bertz CT molecular complexity index is 997. The van der Waals surface area contributed by atoms with Gasteiger partial charge in [-0.3, -0.25) is 4.79 Å². The lowest BCUT2D eigenvalue weighted by Crippen LogP contribution is -2.24. The van der Waals surface area contributed by atoms with Crippen molar-refractivity contribution in [1.29, 1.82) is 0 Å². The number of carbonyl (C=O) groups excluding carboxylic acids is 1. The number of thioether (sulfide) groups is 1. The van der Waals surface area contributed by atoms with Crippen LogP contribution >= 0.6 is 11.8 Å².